The Morgan fingerprint density at radius 3 is 2.80 bits per heavy atom. The largest absolute Gasteiger partial charge is 0.374 e. The molecule has 1 atom stereocenters. The van der Waals surface area contributed by atoms with Crippen molar-refractivity contribution in [2.45, 2.75) is 25.4 Å². The minimum atomic E-state index is 0.269. The molecule has 3 aliphatic heterocycles. The molecule has 0 aromatic heterocycles. The first-order valence-corrected chi connectivity index (χ1v) is 5.85. The van der Waals surface area contributed by atoms with E-state index in [-0.39, 0.29) is 6.17 Å². The van der Waals surface area contributed by atoms with Crippen LogP contribution in [0.5, 0.6) is 0 Å². The minimum absolute atomic E-state index is 0.269. The third-order valence-electron chi connectivity index (χ3n) is 3.40. The molecule has 0 spiro atoms. The Balaban J connectivity index is 1.68. The number of hydrogen-bond donors (Lipinski definition) is 0. The van der Waals surface area contributed by atoms with Crippen molar-refractivity contribution in [3.63, 3.8) is 0 Å². The fourth-order valence-corrected chi connectivity index (χ4v) is 2.55. The first-order chi connectivity index (χ1) is 7.43. The molecule has 1 unspecified atom stereocenters. The second-order valence-electron chi connectivity index (χ2n) is 4.40. The van der Waals surface area contributed by atoms with Gasteiger partial charge in [-0.05, 0) is 25.0 Å². The van der Waals surface area contributed by atoms with E-state index in [1.54, 1.807) is 0 Å². The summed E-state index contributed by atoms with van der Waals surface area (Å²) in [6.07, 6.45) is 12.6. The maximum absolute atomic E-state index is 4.41. The van der Waals surface area contributed by atoms with E-state index in [2.05, 4.69) is 27.1 Å². The zero-order valence-electron chi connectivity index (χ0n) is 8.97. The smallest absolute Gasteiger partial charge is 0.140 e. The monoisotopic (exact) mass is 203 g/mol. The van der Waals surface area contributed by atoms with Gasteiger partial charge in [-0.15, -0.1) is 0 Å². The third-order valence-corrected chi connectivity index (χ3v) is 3.40. The maximum atomic E-state index is 4.41. The van der Waals surface area contributed by atoms with Crippen LogP contribution in [0.15, 0.2) is 29.0 Å². The van der Waals surface area contributed by atoms with Crippen LogP contribution in [0.25, 0.3) is 0 Å². The van der Waals surface area contributed by atoms with E-state index in [0.29, 0.717) is 0 Å². The summed E-state index contributed by atoms with van der Waals surface area (Å²) in [6, 6.07) is 0. The van der Waals surface area contributed by atoms with Crippen LogP contribution in [0.4, 0.5) is 0 Å². The van der Waals surface area contributed by atoms with Gasteiger partial charge in [-0.2, -0.15) is 0 Å². The zero-order valence-corrected chi connectivity index (χ0v) is 8.97. The minimum Gasteiger partial charge on any atom is -0.374 e. The molecule has 0 bridgehead atoms. The second kappa shape index (κ2) is 3.72. The molecule has 3 aliphatic rings. The number of nitrogens with zero attached hydrogens (tertiary/aromatic N) is 3. The van der Waals surface area contributed by atoms with Gasteiger partial charge in [0.2, 0.25) is 0 Å². The molecule has 3 heterocycles. The van der Waals surface area contributed by atoms with Crippen LogP contribution in [0.2, 0.25) is 0 Å². The van der Waals surface area contributed by atoms with E-state index in [9.17, 15) is 0 Å². The molecule has 3 rings (SSSR count). The summed E-state index contributed by atoms with van der Waals surface area (Å²) in [5.74, 6) is 0. The summed E-state index contributed by atoms with van der Waals surface area (Å²) >= 11 is 0. The summed E-state index contributed by atoms with van der Waals surface area (Å²) in [7, 11) is 0. The lowest BCUT2D eigenvalue weighted by molar-refractivity contribution is 0.357. The quantitative estimate of drug-likeness (QED) is 0.679. The number of hydrogen-bond acceptors (Lipinski definition) is 3. The Morgan fingerprint density at radius 1 is 1.20 bits per heavy atom. The predicted molar refractivity (Wildman–Crippen MR) is 61.6 cm³/mol. The van der Waals surface area contributed by atoms with Crippen LogP contribution >= 0.6 is 0 Å². The standard InChI is InChI=1S/C12H17N3/c1-2-8-14(7-1)11-5-9-15(10-11)12-4-3-6-13-12/h3-4,6,10,12H,1-2,5,7-9H2. The molecule has 3 heteroatoms. The number of likely N-dealkylation sites (tertiary alicyclic amines) is 1. The predicted octanol–water partition coefficient (Wildman–Crippen LogP) is 1.60. The van der Waals surface area contributed by atoms with Crippen molar-refractivity contribution in [1.82, 2.24) is 9.80 Å². The van der Waals surface area contributed by atoms with Gasteiger partial charge in [0.1, 0.15) is 6.17 Å². The zero-order chi connectivity index (χ0) is 10.1. The van der Waals surface area contributed by atoms with E-state index in [0.717, 1.165) is 6.54 Å². The molecule has 0 radical (unpaired) electrons. The second-order valence-corrected chi connectivity index (χ2v) is 4.40. The van der Waals surface area contributed by atoms with E-state index in [1.807, 2.05) is 12.3 Å². The fraction of sp³-hybridized carbons (Fsp3) is 0.583. The molecular weight excluding hydrogens is 186 g/mol. The van der Waals surface area contributed by atoms with Gasteiger partial charge in [-0.1, -0.05) is 0 Å². The first-order valence-electron chi connectivity index (χ1n) is 5.85. The summed E-state index contributed by atoms with van der Waals surface area (Å²) in [5, 5.41) is 0. The lowest BCUT2D eigenvalue weighted by Gasteiger charge is -2.19. The molecule has 15 heavy (non-hydrogen) atoms. The van der Waals surface area contributed by atoms with Gasteiger partial charge in [0.05, 0.1) is 0 Å². The van der Waals surface area contributed by atoms with Crippen molar-refractivity contribution in [2.75, 3.05) is 19.6 Å². The van der Waals surface area contributed by atoms with Crippen molar-refractivity contribution in [2.24, 2.45) is 4.99 Å². The Morgan fingerprint density at radius 2 is 2.07 bits per heavy atom. The molecule has 1 saturated heterocycles. The lowest BCUT2D eigenvalue weighted by atomic mass is 10.3. The topological polar surface area (TPSA) is 18.8 Å². The highest BCUT2D eigenvalue weighted by Gasteiger charge is 2.23. The highest BCUT2D eigenvalue weighted by Crippen LogP contribution is 2.25. The Bertz CT molecular complexity index is 312. The third kappa shape index (κ3) is 1.66. The Kier molecular flexibility index (Phi) is 2.24. The van der Waals surface area contributed by atoms with Gasteiger partial charge < -0.3 is 9.80 Å². The fourth-order valence-electron chi connectivity index (χ4n) is 2.55. The van der Waals surface area contributed by atoms with Crippen LogP contribution in [-0.2, 0) is 0 Å². The normalized spacial score (nSPS) is 29.3. The van der Waals surface area contributed by atoms with Gasteiger partial charge in [-0.25, -0.2) is 0 Å². The Labute approximate surface area is 90.8 Å². The molecule has 3 nitrogen and oxygen atoms in total. The molecule has 0 N–H and O–H groups in total. The highest BCUT2D eigenvalue weighted by atomic mass is 15.3. The SMILES string of the molecule is C1=CC(N2C=C(N3CCCC3)CC2)N=C1. The van der Waals surface area contributed by atoms with Crippen molar-refractivity contribution in [3.8, 4) is 0 Å². The average Bonchev–Trinajstić information content (AvgIpc) is 3.02. The van der Waals surface area contributed by atoms with Crippen molar-refractivity contribution in [1.29, 1.82) is 0 Å². The Hall–Kier alpha value is -1.25. The molecule has 0 aromatic rings. The van der Waals surface area contributed by atoms with E-state index >= 15 is 0 Å². The molecule has 0 aromatic carbocycles. The number of aliphatic imine (C=N–C) groups is 1. The number of allylic oxidation sites excluding steroid dienone is 1. The number of rotatable bonds is 2. The van der Waals surface area contributed by atoms with Gasteiger partial charge in [-0.3, -0.25) is 4.99 Å². The average molecular weight is 203 g/mol. The summed E-state index contributed by atoms with van der Waals surface area (Å²) in [4.78, 5) is 9.28. The van der Waals surface area contributed by atoms with Gasteiger partial charge in [0.15, 0.2) is 0 Å². The van der Waals surface area contributed by atoms with Crippen molar-refractivity contribution in [3.05, 3.63) is 24.0 Å². The van der Waals surface area contributed by atoms with Crippen molar-refractivity contribution >= 4 is 6.21 Å². The van der Waals surface area contributed by atoms with Gasteiger partial charge in [0, 0.05) is 44.2 Å². The van der Waals surface area contributed by atoms with Gasteiger partial charge >= 0.3 is 0 Å². The molecule has 0 aliphatic carbocycles. The van der Waals surface area contributed by atoms with E-state index in [4.69, 9.17) is 0 Å². The van der Waals surface area contributed by atoms with E-state index < -0.39 is 0 Å². The molecule has 0 saturated carbocycles. The van der Waals surface area contributed by atoms with Crippen molar-refractivity contribution < 1.29 is 0 Å². The van der Waals surface area contributed by atoms with Crippen LogP contribution in [0, 0.1) is 0 Å². The maximum Gasteiger partial charge on any atom is 0.140 e. The molecule has 0 amide bonds. The van der Waals surface area contributed by atoms with E-state index in [1.165, 1.54) is 38.0 Å². The van der Waals surface area contributed by atoms with Crippen LogP contribution < -0.4 is 0 Å². The molecule has 80 valence electrons. The lowest BCUT2D eigenvalue weighted by Crippen LogP contribution is -2.24. The van der Waals surface area contributed by atoms with Crippen LogP contribution in [0.3, 0.4) is 0 Å². The highest BCUT2D eigenvalue weighted by molar-refractivity contribution is 5.74. The molecular formula is C12H17N3. The van der Waals surface area contributed by atoms with Crippen LogP contribution in [-0.4, -0.2) is 41.8 Å². The first kappa shape index (κ1) is 9.01. The van der Waals surface area contributed by atoms with Crippen LogP contribution in [0.1, 0.15) is 19.3 Å². The molecule has 1 fully saturated rings. The summed E-state index contributed by atoms with van der Waals surface area (Å²) in [5.41, 5.74) is 1.52. The van der Waals surface area contributed by atoms with Gasteiger partial charge in [0.25, 0.3) is 0 Å². The summed E-state index contributed by atoms with van der Waals surface area (Å²) < 4.78 is 0. The summed E-state index contributed by atoms with van der Waals surface area (Å²) in [6.45, 7) is 3.63.